The first-order valence-electron chi connectivity index (χ1n) is 10.0. The highest BCUT2D eigenvalue weighted by atomic mass is 32.2. The van der Waals surface area contributed by atoms with Crippen molar-refractivity contribution < 1.29 is 13.2 Å². The molecule has 1 aliphatic heterocycles. The Bertz CT molecular complexity index is 983. The second-order valence-corrected chi connectivity index (χ2v) is 9.67. The lowest BCUT2D eigenvalue weighted by atomic mass is 10.1. The summed E-state index contributed by atoms with van der Waals surface area (Å²) in [5.41, 5.74) is 3.89. The van der Waals surface area contributed by atoms with Gasteiger partial charge in [-0.25, -0.2) is 8.42 Å². The molecule has 1 unspecified atom stereocenters. The lowest BCUT2D eigenvalue weighted by Crippen LogP contribution is -2.41. The van der Waals surface area contributed by atoms with Crippen LogP contribution in [0, 0.1) is 0 Å². The normalized spacial score (nSPS) is 20.0. The summed E-state index contributed by atoms with van der Waals surface area (Å²) in [4.78, 5) is 12.8. The molecular weight excluding hydrogens is 372 g/mol. The number of hydrogen-bond acceptors (Lipinski definition) is 3. The number of benzene rings is 2. The number of rotatable bonds is 4. The van der Waals surface area contributed by atoms with Gasteiger partial charge in [0.05, 0.1) is 4.90 Å². The quantitative estimate of drug-likeness (QED) is 0.847. The van der Waals surface area contributed by atoms with Gasteiger partial charge in [-0.2, -0.15) is 4.31 Å². The molecule has 1 heterocycles. The van der Waals surface area contributed by atoms with Gasteiger partial charge in [0, 0.05) is 23.8 Å². The molecule has 5 nitrogen and oxygen atoms in total. The average molecular weight is 399 g/mol. The van der Waals surface area contributed by atoms with E-state index in [4.69, 9.17) is 0 Å². The summed E-state index contributed by atoms with van der Waals surface area (Å²) in [6.07, 6.45) is 6.17. The Labute approximate surface area is 166 Å². The summed E-state index contributed by atoms with van der Waals surface area (Å²) < 4.78 is 27.4. The van der Waals surface area contributed by atoms with E-state index in [0.29, 0.717) is 12.1 Å². The Morgan fingerprint density at radius 2 is 1.75 bits per heavy atom. The minimum Gasteiger partial charge on any atom is -0.322 e. The monoisotopic (exact) mass is 398 g/mol. The van der Waals surface area contributed by atoms with Gasteiger partial charge < -0.3 is 5.32 Å². The van der Waals surface area contributed by atoms with Crippen molar-refractivity contribution in [3.05, 3.63) is 59.2 Å². The zero-order chi connectivity index (χ0) is 19.7. The Hall–Kier alpha value is -2.18. The number of aryl methyl sites for hydroxylation is 2. The third kappa shape index (κ3) is 3.71. The molecule has 1 aliphatic carbocycles. The molecule has 0 spiro atoms. The van der Waals surface area contributed by atoms with Crippen LogP contribution in [0.1, 0.15) is 54.1 Å². The Morgan fingerprint density at radius 3 is 2.50 bits per heavy atom. The minimum atomic E-state index is -3.52. The summed E-state index contributed by atoms with van der Waals surface area (Å²) >= 11 is 0. The minimum absolute atomic E-state index is 0.0153. The maximum absolute atomic E-state index is 12.9. The van der Waals surface area contributed by atoms with Crippen molar-refractivity contribution in [2.75, 3.05) is 11.9 Å². The molecule has 0 radical (unpaired) electrons. The summed E-state index contributed by atoms with van der Waals surface area (Å²) in [5, 5.41) is 2.92. The number of nitrogens with zero attached hydrogens (tertiary/aromatic N) is 1. The smallest absolute Gasteiger partial charge is 0.255 e. The Kier molecular flexibility index (Phi) is 5.25. The van der Waals surface area contributed by atoms with Crippen LogP contribution >= 0.6 is 0 Å². The van der Waals surface area contributed by atoms with Crippen LogP contribution in [-0.4, -0.2) is 31.2 Å². The molecule has 0 bridgehead atoms. The highest BCUT2D eigenvalue weighted by molar-refractivity contribution is 7.89. The fourth-order valence-electron chi connectivity index (χ4n) is 4.20. The van der Waals surface area contributed by atoms with Crippen LogP contribution in [0.5, 0.6) is 0 Å². The molecule has 0 saturated carbocycles. The number of amides is 1. The van der Waals surface area contributed by atoms with Crippen LogP contribution in [0.25, 0.3) is 0 Å². The van der Waals surface area contributed by atoms with Crippen molar-refractivity contribution in [2.45, 2.75) is 56.4 Å². The van der Waals surface area contributed by atoms with Crippen LogP contribution in [0.4, 0.5) is 5.69 Å². The van der Waals surface area contributed by atoms with Gasteiger partial charge in [-0.1, -0.05) is 12.5 Å². The van der Waals surface area contributed by atoms with Crippen LogP contribution in [0.15, 0.2) is 47.4 Å². The van der Waals surface area contributed by atoms with E-state index in [1.807, 2.05) is 19.1 Å². The van der Waals surface area contributed by atoms with Gasteiger partial charge in [0.25, 0.3) is 5.91 Å². The van der Waals surface area contributed by atoms with Gasteiger partial charge in [-0.3, -0.25) is 4.79 Å². The van der Waals surface area contributed by atoms with Crippen LogP contribution in [0.3, 0.4) is 0 Å². The van der Waals surface area contributed by atoms with Crippen molar-refractivity contribution in [1.29, 1.82) is 0 Å². The number of fused-ring (bicyclic) bond motifs is 1. The summed E-state index contributed by atoms with van der Waals surface area (Å²) in [7, 11) is -3.52. The molecule has 1 saturated heterocycles. The molecule has 1 atom stereocenters. The Balaban J connectivity index is 1.49. The molecule has 4 rings (SSSR count). The largest absolute Gasteiger partial charge is 0.322 e. The van der Waals surface area contributed by atoms with Crippen LogP contribution in [-0.2, 0) is 22.9 Å². The third-order valence-corrected chi connectivity index (χ3v) is 7.85. The van der Waals surface area contributed by atoms with Gasteiger partial charge in [0.15, 0.2) is 0 Å². The average Bonchev–Trinajstić information content (AvgIpc) is 3.16. The number of carbonyl (C=O) groups is 1. The fraction of sp³-hybridized carbons (Fsp3) is 0.409. The topological polar surface area (TPSA) is 66.5 Å². The number of piperidine rings is 1. The zero-order valence-corrected chi connectivity index (χ0v) is 17.0. The van der Waals surface area contributed by atoms with Gasteiger partial charge in [0.2, 0.25) is 10.0 Å². The SMILES string of the molecule is CC1CCCCN1S(=O)(=O)c1ccc(C(=O)Nc2ccc3c(c2)CCC3)cc1. The fourth-order valence-corrected chi connectivity index (χ4v) is 5.89. The number of sulfonamides is 1. The molecule has 1 N–H and O–H groups in total. The highest BCUT2D eigenvalue weighted by Gasteiger charge is 2.30. The van der Waals surface area contributed by atoms with Crippen LogP contribution in [0.2, 0.25) is 0 Å². The van der Waals surface area contributed by atoms with E-state index in [0.717, 1.165) is 44.2 Å². The number of nitrogens with one attached hydrogen (secondary N) is 1. The van der Waals surface area contributed by atoms with Gasteiger partial charge in [-0.05, 0) is 86.6 Å². The molecule has 2 aromatic carbocycles. The van der Waals surface area contributed by atoms with E-state index in [2.05, 4.69) is 11.4 Å². The van der Waals surface area contributed by atoms with Crippen molar-refractivity contribution >= 4 is 21.6 Å². The Morgan fingerprint density at radius 1 is 1.00 bits per heavy atom. The number of hydrogen-bond donors (Lipinski definition) is 1. The maximum Gasteiger partial charge on any atom is 0.255 e. The van der Waals surface area contributed by atoms with E-state index in [9.17, 15) is 13.2 Å². The number of carbonyl (C=O) groups excluding carboxylic acids is 1. The van der Waals surface area contributed by atoms with Crippen molar-refractivity contribution in [2.24, 2.45) is 0 Å². The molecule has 148 valence electrons. The van der Waals surface area contributed by atoms with Gasteiger partial charge in [0.1, 0.15) is 0 Å². The van der Waals surface area contributed by atoms with E-state index in [-0.39, 0.29) is 16.8 Å². The van der Waals surface area contributed by atoms with E-state index < -0.39 is 10.0 Å². The van der Waals surface area contributed by atoms with Gasteiger partial charge in [-0.15, -0.1) is 0 Å². The summed E-state index contributed by atoms with van der Waals surface area (Å²) in [6, 6.07) is 12.3. The molecule has 1 amide bonds. The zero-order valence-electron chi connectivity index (χ0n) is 16.1. The highest BCUT2D eigenvalue weighted by Crippen LogP contribution is 2.27. The third-order valence-electron chi connectivity index (χ3n) is 5.82. The van der Waals surface area contributed by atoms with E-state index in [1.165, 1.54) is 23.3 Å². The predicted molar refractivity (Wildman–Crippen MR) is 110 cm³/mol. The van der Waals surface area contributed by atoms with Crippen LogP contribution < -0.4 is 5.32 Å². The van der Waals surface area contributed by atoms with Crippen molar-refractivity contribution in [1.82, 2.24) is 4.31 Å². The van der Waals surface area contributed by atoms with Crippen molar-refractivity contribution in [3.8, 4) is 0 Å². The molecule has 2 aromatic rings. The second-order valence-electron chi connectivity index (χ2n) is 7.78. The summed E-state index contributed by atoms with van der Waals surface area (Å²) in [5.74, 6) is -0.228. The van der Waals surface area contributed by atoms with E-state index >= 15 is 0 Å². The molecule has 6 heteroatoms. The molecule has 2 aliphatic rings. The molecule has 28 heavy (non-hydrogen) atoms. The molecule has 1 fully saturated rings. The van der Waals surface area contributed by atoms with E-state index in [1.54, 1.807) is 16.4 Å². The first-order valence-corrected chi connectivity index (χ1v) is 11.4. The lowest BCUT2D eigenvalue weighted by Gasteiger charge is -2.32. The first kappa shape index (κ1) is 19.2. The predicted octanol–water partition coefficient (Wildman–Crippen LogP) is 3.99. The second kappa shape index (κ2) is 7.68. The van der Waals surface area contributed by atoms with Gasteiger partial charge >= 0.3 is 0 Å². The standard InChI is InChI=1S/C22H26N2O3S/c1-16-5-2-3-14-24(16)28(26,27)21-12-9-18(10-13-21)22(25)23-20-11-8-17-6-4-7-19(17)15-20/h8-13,15-16H,2-7,14H2,1H3,(H,23,25). The molecule has 0 aromatic heterocycles. The van der Waals surface area contributed by atoms with Crippen molar-refractivity contribution in [3.63, 3.8) is 0 Å². The molecular formula is C22H26N2O3S. The summed E-state index contributed by atoms with van der Waals surface area (Å²) in [6.45, 7) is 2.51. The lowest BCUT2D eigenvalue weighted by molar-refractivity contribution is 0.102. The maximum atomic E-state index is 12.9. The first-order chi connectivity index (χ1) is 13.4. The number of anilines is 1.